The lowest BCUT2D eigenvalue weighted by Crippen LogP contribution is -2.37. The fourth-order valence-corrected chi connectivity index (χ4v) is 1.20. The van der Waals surface area contributed by atoms with Crippen LogP contribution in [0.25, 0.3) is 0 Å². The van der Waals surface area contributed by atoms with Crippen LogP contribution in [0.15, 0.2) is 0 Å². The van der Waals surface area contributed by atoms with Crippen molar-refractivity contribution < 1.29 is 0 Å². The molecular formula is C7H15N. The van der Waals surface area contributed by atoms with Gasteiger partial charge in [-0.3, -0.25) is 0 Å². The van der Waals surface area contributed by atoms with Crippen LogP contribution < -0.4 is 5.32 Å². The SMILES string of the molecule is CC1NCCC[C@H]1C. The van der Waals surface area contributed by atoms with Gasteiger partial charge in [0.25, 0.3) is 0 Å². The van der Waals surface area contributed by atoms with Gasteiger partial charge in [-0.2, -0.15) is 0 Å². The molecular weight excluding hydrogens is 98.1 g/mol. The molecule has 0 bridgehead atoms. The third kappa shape index (κ3) is 1.22. The lowest BCUT2D eigenvalue weighted by molar-refractivity contribution is 0.319. The van der Waals surface area contributed by atoms with E-state index in [1.165, 1.54) is 19.4 Å². The Hall–Kier alpha value is -0.0400. The molecule has 1 saturated heterocycles. The summed E-state index contributed by atoms with van der Waals surface area (Å²) in [6, 6.07) is 0.753. The smallest absolute Gasteiger partial charge is 0.00643 e. The van der Waals surface area contributed by atoms with Gasteiger partial charge in [-0.05, 0) is 32.2 Å². The van der Waals surface area contributed by atoms with Gasteiger partial charge in [-0.1, -0.05) is 6.92 Å². The number of hydrogen-bond donors (Lipinski definition) is 1. The van der Waals surface area contributed by atoms with Crippen molar-refractivity contribution >= 4 is 0 Å². The monoisotopic (exact) mass is 113 g/mol. The Bertz CT molecular complexity index is 60.8. The van der Waals surface area contributed by atoms with Crippen molar-refractivity contribution in [2.75, 3.05) is 6.54 Å². The molecule has 1 fully saturated rings. The maximum absolute atomic E-state index is 3.43. The Morgan fingerprint density at radius 3 is 2.50 bits per heavy atom. The Labute approximate surface area is 51.5 Å². The third-order valence-electron chi connectivity index (χ3n) is 2.16. The van der Waals surface area contributed by atoms with E-state index in [0.29, 0.717) is 0 Å². The van der Waals surface area contributed by atoms with Crippen molar-refractivity contribution in [3.05, 3.63) is 0 Å². The lowest BCUT2D eigenvalue weighted by atomic mass is 9.94. The number of hydrogen-bond acceptors (Lipinski definition) is 1. The van der Waals surface area contributed by atoms with E-state index in [9.17, 15) is 0 Å². The van der Waals surface area contributed by atoms with E-state index in [-0.39, 0.29) is 0 Å². The fourth-order valence-electron chi connectivity index (χ4n) is 1.20. The van der Waals surface area contributed by atoms with E-state index in [1.54, 1.807) is 0 Å². The van der Waals surface area contributed by atoms with Crippen LogP contribution in [0, 0.1) is 5.92 Å². The fraction of sp³-hybridized carbons (Fsp3) is 1.00. The summed E-state index contributed by atoms with van der Waals surface area (Å²) in [7, 11) is 0. The summed E-state index contributed by atoms with van der Waals surface area (Å²) in [4.78, 5) is 0. The van der Waals surface area contributed by atoms with Crippen molar-refractivity contribution in [1.29, 1.82) is 0 Å². The second kappa shape index (κ2) is 2.49. The first-order valence-corrected chi connectivity index (χ1v) is 3.54. The second-order valence-corrected chi connectivity index (χ2v) is 2.86. The number of nitrogens with one attached hydrogen (secondary N) is 1. The van der Waals surface area contributed by atoms with Gasteiger partial charge >= 0.3 is 0 Å². The zero-order valence-electron chi connectivity index (χ0n) is 5.78. The Morgan fingerprint density at radius 2 is 2.12 bits per heavy atom. The largest absolute Gasteiger partial charge is 0.314 e. The van der Waals surface area contributed by atoms with Crippen LogP contribution >= 0.6 is 0 Å². The van der Waals surface area contributed by atoms with E-state index in [4.69, 9.17) is 0 Å². The predicted octanol–water partition coefficient (Wildman–Crippen LogP) is 1.39. The summed E-state index contributed by atoms with van der Waals surface area (Å²) in [6.07, 6.45) is 2.78. The zero-order chi connectivity index (χ0) is 5.98. The average Bonchev–Trinajstić information content (AvgIpc) is 1.77. The van der Waals surface area contributed by atoms with Crippen molar-refractivity contribution in [2.24, 2.45) is 5.92 Å². The molecule has 0 spiro atoms. The first-order valence-electron chi connectivity index (χ1n) is 3.54. The minimum absolute atomic E-state index is 0.753. The molecule has 0 aliphatic carbocycles. The molecule has 1 unspecified atom stereocenters. The first-order chi connectivity index (χ1) is 3.80. The number of piperidine rings is 1. The Kier molecular flexibility index (Phi) is 1.90. The summed E-state index contributed by atoms with van der Waals surface area (Å²) in [5.74, 6) is 0.892. The van der Waals surface area contributed by atoms with Gasteiger partial charge in [-0.25, -0.2) is 0 Å². The van der Waals surface area contributed by atoms with Crippen LogP contribution in [0.3, 0.4) is 0 Å². The lowest BCUT2D eigenvalue weighted by Gasteiger charge is -2.26. The van der Waals surface area contributed by atoms with Crippen molar-refractivity contribution in [1.82, 2.24) is 5.32 Å². The maximum atomic E-state index is 3.43. The van der Waals surface area contributed by atoms with Gasteiger partial charge in [0.2, 0.25) is 0 Å². The number of rotatable bonds is 0. The van der Waals surface area contributed by atoms with Crippen LogP contribution in [0.4, 0.5) is 0 Å². The van der Waals surface area contributed by atoms with Crippen LogP contribution in [-0.2, 0) is 0 Å². The van der Waals surface area contributed by atoms with Crippen LogP contribution in [0.1, 0.15) is 26.7 Å². The molecule has 48 valence electrons. The molecule has 0 aromatic rings. The molecule has 0 amide bonds. The molecule has 1 aliphatic rings. The standard InChI is InChI=1S/C7H15N/c1-6-4-3-5-8-7(6)2/h6-8H,3-5H2,1-2H3/t6-,7?/m1/s1. The molecule has 0 aromatic heterocycles. The molecule has 0 aromatic carbocycles. The minimum Gasteiger partial charge on any atom is -0.314 e. The predicted molar refractivity (Wildman–Crippen MR) is 35.9 cm³/mol. The Morgan fingerprint density at radius 1 is 1.38 bits per heavy atom. The van der Waals surface area contributed by atoms with Gasteiger partial charge in [-0.15, -0.1) is 0 Å². The summed E-state index contributed by atoms with van der Waals surface area (Å²) < 4.78 is 0. The zero-order valence-corrected chi connectivity index (χ0v) is 5.78. The molecule has 0 radical (unpaired) electrons. The van der Waals surface area contributed by atoms with E-state index in [2.05, 4.69) is 19.2 Å². The Balaban J connectivity index is 2.28. The molecule has 1 N–H and O–H groups in total. The highest BCUT2D eigenvalue weighted by molar-refractivity contribution is 4.73. The molecule has 2 atom stereocenters. The minimum atomic E-state index is 0.753. The topological polar surface area (TPSA) is 12.0 Å². The molecule has 1 nitrogen and oxygen atoms in total. The van der Waals surface area contributed by atoms with E-state index < -0.39 is 0 Å². The normalized spacial score (nSPS) is 39.8. The summed E-state index contributed by atoms with van der Waals surface area (Å²) >= 11 is 0. The summed E-state index contributed by atoms with van der Waals surface area (Å²) in [5, 5.41) is 3.43. The van der Waals surface area contributed by atoms with E-state index in [1.807, 2.05) is 0 Å². The van der Waals surface area contributed by atoms with Gasteiger partial charge in [0.1, 0.15) is 0 Å². The van der Waals surface area contributed by atoms with Crippen molar-refractivity contribution in [3.63, 3.8) is 0 Å². The summed E-state index contributed by atoms with van der Waals surface area (Å²) in [6.45, 7) is 5.81. The van der Waals surface area contributed by atoms with Gasteiger partial charge in [0, 0.05) is 6.04 Å². The van der Waals surface area contributed by atoms with Crippen LogP contribution in [-0.4, -0.2) is 12.6 Å². The van der Waals surface area contributed by atoms with Gasteiger partial charge in [0.15, 0.2) is 0 Å². The van der Waals surface area contributed by atoms with Crippen LogP contribution in [0.5, 0.6) is 0 Å². The van der Waals surface area contributed by atoms with E-state index in [0.717, 1.165) is 12.0 Å². The highest BCUT2D eigenvalue weighted by Crippen LogP contribution is 2.13. The van der Waals surface area contributed by atoms with Gasteiger partial charge in [0.05, 0.1) is 0 Å². The first kappa shape index (κ1) is 6.09. The third-order valence-corrected chi connectivity index (χ3v) is 2.16. The molecule has 1 heteroatoms. The van der Waals surface area contributed by atoms with Gasteiger partial charge < -0.3 is 5.32 Å². The molecule has 1 rings (SSSR count). The molecule has 0 saturated carbocycles. The quantitative estimate of drug-likeness (QED) is 0.500. The molecule has 1 heterocycles. The second-order valence-electron chi connectivity index (χ2n) is 2.86. The van der Waals surface area contributed by atoms with E-state index >= 15 is 0 Å². The molecule has 8 heavy (non-hydrogen) atoms. The highest BCUT2D eigenvalue weighted by atomic mass is 14.9. The maximum Gasteiger partial charge on any atom is 0.00643 e. The van der Waals surface area contributed by atoms with Crippen LogP contribution in [0.2, 0.25) is 0 Å². The molecule has 1 aliphatic heterocycles. The van der Waals surface area contributed by atoms with Crippen molar-refractivity contribution in [2.45, 2.75) is 32.7 Å². The summed E-state index contributed by atoms with van der Waals surface area (Å²) in [5.41, 5.74) is 0. The van der Waals surface area contributed by atoms with Crippen molar-refractivity contribution in [3.8, 4) is 0 Å². The highest BCUT2D eigenvalue weighted by Gasteiger charge is 2.14. The average molecular weight is 113 g/mol.